The van der Waals surface area contributed by atoms with Crippen molar-refractivity contribution in [1.82, 2.24) is 4.57 Å². The Labute approximate surface area is 218 Å². The summed E-state index contributed by atoms with van der Waals surface area (Å²) in [6.07, 6.45) is 3.65. The molecule has 192 valence electrons. The number of non-ortho nitro benzene ring substituents is 1. The maximum atomic E-state index is 13.8. The number of nitrogens with one attached hydrogen (secondary N) is 1. The van der Waals surface area contributed by atoms with E-state index in [2.05, 4.69) is 15.1 Å². The molecule has 38 heavy (non-hydrogen) atoms. The number of rotatable bonds is 8. The molecule has 5 rings (SSSR count). The number of Topliss-reactive ketones (excluding diaryl/α,β-unsaturated/α-hetero) is 1. The van der Waals surface area contributed by atoms with Crippen molar-refractivity contribution in [3.63, 3.8) is 0 Å². The highest BCUT2D eigenvalue weighted by Gasteiger charge is 2.33. The lowest BCUT2D eigenvalue weighted by atomic mass is 10.1. The van der Waals surface area contributed by atoms with Crippen LogP contribution in [0.15, 0.2) is 84.1 Å². The largest absolute Gasteiger partial charge is 0.497 e. The molecule has 1 N–H and O–H groups in total. The Bertz CT molecular complexity index is 1510. The van der Waals surface area contributed by atoms with Crippen molar-refractivity contribution in [2.75, 3.05) is 19.6 Å². The van der Waals surface area contributed by atoms with Crippen molar-refractivity contribution in [3.8, 4) is 22.8 Å². The molecule has 4 aromatic rings. The van der Waals surface area contributed by atoms with Gasteiger partial charge in [0.1, 0.15) is 23.4 Å². The van der Waals surface area contributed by atoms with E-state index in [1.165, 1.54) is 12.1 Å². The first-order valence-corrected chi connectivity index (χ1v) is 12.0. The van der Waals surface area contributed by atoms with Crippen molar-refractivity contribution in [2.45, 2.75) is 19.4 Å². The molecule has 0 saturated heterocycles. The maximum absolute atomic E-state index is 13.8. The zero-order valence-corrected chi connectivity index (χ0v) is 21.0. The number of ether oxygens (including phenoxy) is 2. The van der Waals surface area contributed by atoms with Crippen LogP contribution < -0.4 is 19.5 Å². The van der Waals surface area contributed by atoms with Gasteiger partial charge in [-0.05, 0) is 72.2 Å². The lowest BCUT2D eigenvalue weighted by Gasteiger charge is -2.05. The molecular weight excluding hydrogens is 486 g/mol. The Morgan fingerprint density at radius 3 is 2.21 bits per heavy atom. The second-order valence-electron chi connectivity index (χ2n) is 8.69. The number of fused-ring (bicyclic) bond motifs is 1. The first-order chi connectivity index (χ1) is 18.5. The van der Waals surface area contributed by atoms with Crippen LogP contribution in [0.5, 0.6) is 11.5 Å². The zero-order chi connectivity index (χ0) is 26.6. The molecule has 1 aliphatic rings. The number of hydrogen-bond acceptors (Lipinski definition) is 7. The van der Waals surface area contributed by atoms with Crippen LogP contribution in [0.1, 0.15) is 22.6 Å². The van der Waals surface area contributed by atoms with Crippen molar-refractivity contribution in [1.29, 1.82) is 0 Å². The Kier molecular flexibility index (Phi) is 6.86. The van der Waals surface area contributed by atoms with E-state index in [9.17, 15) is 14.9 Å². The van der Waals surface area contributed by atoms with Crippen molar-refractivity contribution in [3.05, 3.63) is 100 Å². The number of nitro benzene ring substituents is 1. The molecule has 1 aromatic heterocycles. The van der Waals surface area contributed by atoms with Crippen LogP contribution in [0.25, 0.3) is 11.3 Å². The van der Waals surface area contributed by atoms with Gasteiger partial charge >= 0.3 is 5.84 Å². The minimum absolute atomic E-state index is 0.0298. The average Bonchev–Trinajstić information content (AvgIpc) is 3.57. The Balaban J connectivity index is 1.57. The first kappa shape index (κ1) is 24.7. The fourth-order valence-electron chi connectivity index (χ4n) is 4.47. The molecule has 0 saturated carbocycles. The third-order valence-electron chi connectivity index (χ3n) is 6.45. The number of benzene rings is 3. The Hall–Kier alpha value is -4.99. The van der Waals surface area contributed by atoms with Crippen molar-refractivity contribution >= 4 is 23.0 Å². The quantitative estimate of drug-likeness (QED) is 0.0931. The van der Waals surface area contributed by atoms with E-state index in [-0.39, 0.29) is 17.3 Å². The number of methoxy groups -OCH3 is 2. The lowest BCUT2D eigenvalue weighted by molar-refractivity contribution is -0.560. The number of anilines is 1. The third kappa shape index (κ3) is 4.83. The minimum atomic E-state index is -0.466. The summed E-state index contributed by atoms with van der Waals surface area (Å²) in [4.78, 5) is 24.3. The maximum Gasteiger partial charge on any atom is 0.338 e. The molecule has 3 aromatic carbocycles. The topological polar surface area (TPSA) is 112 Å². The van der Waals surface area contributed by atoms with Gasteiger partial charge in [0.05, 0.1) is 31.4 Å². The van der Waals surface area contributed by atoms with E-state index in [0.717, 1.165) is 42.2 Å². The summed E-state index contributed by atoms with van der Waals surface area (Å²) in [5.74, 6) is 2.26. The van der Waals surface area contributed by atoms with Gasteiger partial charge in [0.25, 0.3) is 11.5 Å². The highest BCUT2D eigenvalue weighted by atomic mass is 16.6. The van der Waals surface area contributed by atoms with Gasteiger partial charge in [-0.1, -0.05) is 0 Å². The molecule has 1 aliphatic heterocycles. The normalized spacial score (nSPS) is 12.6. The second kappa shape index (κ2) is 10.6. The summed E-state index contributed by atoms with van der Waals surface area (Å²) in [5, 5.41) is 15.5. The van der Waals surface area contributed by atoms with Gasteiger partial charge in [0, 0.05) is 29.7 Å². The van der Waals surface area contributed by atoms with E-state index < -0.39 is 4.92 Å². The number of imidazole rings is 1. The van der Waals surface area contributed by atoms with Crippen LogP contribution in [-0.4, -0.2) is 35.3 Å². The number of nitro groups is 1. The number of carbonyl (C=O) groups is 1. The number of carbonyl (C=O) groups excluding carboxylic acids is 1. The van der Waals surface area contributed by atoms with Gasteiger partial charge in [-0.2, -0.15) is 4.57 Å². The molecule has 0 bridgehead atoms. The monoisotopic (exact) mass is 512 g/mol. The molecular formula is C28H26N5O5+. The smallest absolute Gasteiger partial charge is 0.338 e. The Morgan fingerprint density at radius 2 is 1.61 bits per heavy atom. The fraction of sp³-hybridized carbons (Fsp3) is 0.179. The molecule has 0 aliphatic carbocycles. The van der Waals surface area contributed by atoms with E-state index in [0.29, 0.717) is 17.0 Å². The van der Waals surface area contributed by atoms with Crippen LogP contribution in [0.3, 0.4) is 0 Å². The molecule has 0 radical (unpaired) electrons. The number of nitrogens with zero attached hydrogens (tertiary/aromatic N) is 4. The highest BCUT2D eigenvalue weighted by Crippen LogP contribution is 2.27. The number of hydrogen-bond donors (Lipinski definition) is 1. The molecule has 0 spiro atoms. The predicted octanol–water partition coefficient (Wildman–Crippen LogP) is 4.47. The summed E-state index contributed by atoms with van der Waals surface area (Å²) < 4.78 is 14.6. The van der Waals surface area contributed by atoms with E-state index in [1.54, 1.807) is 50.6 Å². The van der Waals surface area contributed by atoms with Crippen LogP contribution in [-0.2, 0) is 13.0 Å². The highest BCUT2D eigenvalue weighted by molar-refractivity contribution is 6.41. The zero-order valence-electron chi connectivity index (χ0n) is 21.0. The molecule has 2 heterocycles. The Morgan fingerprint density at radius 1 is 0.974 bits per heavy atom. The van der Waals surface area contributed by atoms with Gasteiger partial charge in [0.2, 0.25) is 5.82 Å². The third-order valence-corrected chi connectivity index (χ3v) is 6.45. The van der Waals surface area contributed by atoms with Crippen molar-refractivity contribution < 1.29 is 23.8 Å². The minimum Gasteiger partial charge on any atom is -0.497 e. The van der Waals surface area contributed by atoms with Crippen LogP contribution >= 0.6 is 0 Å². The summed E-state index contributed by atoms with van der Waals surface area (Å²) in [5.41, 5.74) is 5.80. The van der Waals surface area contributed by atoms with Gasteiger partial charge in [-0.3, -0.25) is 19.5 Å². The summed E-state index contributed by atoms with van der Waals surface area (Å²) in [6.45, 7) is 0.823. The number of aromatic nitrogens is 2. The summed E-state index contributed by atoms with van der Waals surface area (Å²) in [7, 11) is 3.20. The summed E-state index contributed by atoms with van der Waals surface area (Å²) >= 11 is 0. The molecule has 0 unspecified atom stereocenters. The van der Waals surface area contributed by atoms with Gasteiger partial charge < -0.3 is 9.47 Å². The van der Waals surface area contributed by atoms with E-state index in [1.807, 2.05) is 35.0 Å². The average molecular weight is 513 g/mol. The van der Waals surface area contributed by atoms with Crippen LogP contribution in [0.4, 0.5) is 11.4 Å². The first-order valence-electron chi connectivity index (χ1n) is 12.0. The van der Waals surface area contributed by atoms with Crippen LogP contribution in [0, 0.1) is 10.1 Å². The molecule has 10 heteroatoms. The van der Waals surface area contributed by atoms with Gasteiger partial charge in [-0.15, -0.1) is 0 Å². The summed E-state index contributed by atoms with van der Waals surface area (Å²) in [6, 6.07) is 20.5. The number of hydrazone groups is 1. The molecule has 0 amide bonds. The lowest BCUT2D eigenvalue weighted by Crippen LogP contribution is -2.50. The second-order valence-corrected chi connectivity index (χ2v) is 8.69. The van der Waals surface area contributed by atoms with E-state index >= 15 is 0 Å². The SMILES string of the molecule is COc1ccc(C(=O)/C(=N\Nc2ccc([N+](=O)[O-])cc2)[n+]2cc(-c3ccc(OC)cc3)n3c2CCC3)cc1. The van der Waals surface area contributed by atoms with Crippen molar-refractivity contribution in [2.24, 2.45) is 5.10 Å². The standard InChI is InChI=1S/C28H25N5O5/c1-37-23-13-5-19(6-14-23)25-18-32(26-4-3-17-31(25)26)28(27(34)20-7-15-24(38-2)16-8-20)30-29-21-9-11-22(12-10-21)33(35)36/h5-16,18H,3-4,17H2,1-2H3/p+1. The van der Waals surface area contributed by atoms with Crippen LogP contribution in [0.2, 0.25) is 0 Å². The van der Waals surface area contributed by atoms with Gasteiger partial charge in [0.15, 0.2) is 0 Å². The molecule has 10 nitrogen and oxygen atoms in total. The van der Waals surface area contributed by atoms with Gasteiger partial charge in [-0.25, -0.2) is 5.43 Å². The number of ketones is 1. The predicted molar refractivity (Wildman–Crippen MR) is 142 cm³/mol. The molecule has 0 fully saturated rings. The molecule has 0 atom stereocenters. The fourth-order valence-corrected chi connectivity index (χ4v) is 4.47. The van der Waals surface area contributed by atoms with E-state index in [4.69, 9.17) is 9.47 Å².